The summed E-state index contributed by atoms with van der Waals surface area (Å²) in [5.41, 5.74) is 4.53. The molecule has 0 radical (unpaired) electrons. The third-order valence-corrected chi connectivity index (χ3v) is 4.85. The van der Waals surface area contributed by atoms with Crippen molar-refractivity contribution in [3.05, 3.63) is 88.5 Å². The first-order valence-corrected chi connectivity index (χ1v) is 9.28. The fourth-order valence-electron chi connectivity index (χ4n) is 3.35. The lowest BCUT2D eigenvalue weighted by molar-refractivity contribution is 0.0945. The molecule has 28 heavy (non-hydrogen) atoms. The molecule has 5 nitrogen and oxygen atoms in total. The van der Waals surface area contributed by atoms with Crippen molar-refractivity contribution < 1.29 is 9.18 Å². The summed E-state index contributed by atoms with van der Waals surface area (Å²) in [4.78, 5) is 23.7. The van der Waals surface area contributed by atoms with E-state index >= 15 is 0 Å². The van der Waals surface area contributed by atoms with Crippen LogP contribution in [0.1, 0.15) is 32.9 Å². The molecule has 0 atom stereocenters. The molecular weight excluding hydrogens is 355 g/mol. The smallest absolute Gasteiger partial charge is 0.270 e. The maximum Gasteiger partial charge on any atom is 0.270 e. The molecule has 142 valence electrons. The second-order valence-electron chi connectivity index (χ2n) is 6.94. The number of aryl methyl sites for hydroxylation is 1. The van der Waals surface area contributed by atoms with E-state index in [9.17, 15) is 9.18 Å². The highest BCUT2D eigenvalue weighted by Gasteiger charge is 2.20. The number of carbonyl (C=O) groups is 1. The number of anilines is 1. The Bertz CT molecular complexity index is 1000. The van der Waals surface area contributed by atoms with E-state index < -0.39 is 0 Å². The molecule has 0 saturated carbocycles. The standard InChI is InChI=1S/C22H21FN4O/c1-15-12-20(21(28)24-13-16-6-8-19(23)9-7-16)26-22(25-15)27-11-10-17-4-2-3-5-18(17)14-27/h2-9,12H,10-11,13-14H2,1H3,(H,24,28). The predicted octanol–water partition coefficient (Wildman–Crippen LogP) is 3.42. The van der Waals surface area contributed by atoms with Crippen LogP contribution in [0.4, 0.5) is 10.3 Å². The van der Waals surface area contributed by atoms with E-state index in [0.717, 1.165) is 30.8 Å². The van der Waals surface area contributed by atoms with Gasteiger partial charge in [-0.2, -0.15) is 0 Å². The third kappa shape index (κ3) is 4.01. The van der Waals surface area contributed by atoms with Gasteiger partial charge in [-0.25, -0.2) is 14.4 Å². The highest BCUT2D eigenvalue weighted by atomic mass is 19.1. The number of aromatic nitrogens is 2. The molecule has 1 aliphatic rings. The van der Waals surface area contributed by atoms with Crippen LogP contribution in [-0.4, -0.2) is 22.4 Å². The summed E-state index contributed by atoms with van der Waals surface area (Å²) in [6.45, 7) is 3.72. The molecule has 3 aromatic rings. The average molecular weight is 376 g/mol. The number of fused-ring (bicyclic) bond motifs is 1. The van der Waals surface area contributed by atoms with E-state index in [4.69, 9.17) is 0 Å². The van der Waals surface area contributed by atoms with Crippen molar-refractivity contribution in [2.75, 3.05) is 11.4 Å². The maximum absolute atomic E-state index is 13.0. The van der Waals surface area contributed by atoms with Crippen molar-refractivity contribution in [1.29, 1.82) is 0 Å². The summed E-state index contributed by atoms with van der Waals surface area (Å²) in [6, 6.07) is 16.1. The van der Waals surface area contributed by atoms with Crippen molar-refractivity contribution in [1.82, 2.24) is 15.3 Å². The molecular formula is C22H21FN4O. The van der Waals surface area contributed by atoms with Gasteiger partial charge in [-0.05, 0) is 48.2 Å². The minimum absolute atomic E-state index is 0.270. The molecule has 0 aliphatic carbocycles. The number of benzene rings is 2. The minimum atomic E-state index is -0.297. The molecule has 2 aromatic carbocycles. The quantitative estimate of drug-likeness (QED) is 0.758. The van der Waals surface area contributed by atoms with Crippen LogP contribution in [-0.2, 0) is 19.5 Å². The van der Waals surface area contributed by atoms with Gasteiger partial charge in [0.05, 0.1) is 0 Å². The van der Waals surface area contributed by atoms with E-state index in [1.807, 2.05) is 13.0 Å². The normalized spacial score (nSPS) is 13.1. The van der Waals surface area contributed by atoms with Crippen molar-refractivity contribution >= 4 is 11.9 Å². The molecule has 0 unspecified atom stereocenters. The number of nitrogens with zero attached hydrogens (tertiary/aromatic N) is 3. The molecule has 1 N–H and O–H groups in total. The molecule has 4 rings (SSSR count). The van der Waals surface area contributed by atoms with Crippen molar-refractivity contribution in [3.8, 4) is 0 Å². The first kappa shape index (κ1) is 18.1. The van der Waals surface area contributed by atoms with Gasteiger partial charge in [0, 0.05) is 25.3 Å². The number of halogens is 1. The first-order chi connectivity index (χ1) is 13.6. The van der Waals surface area contributed by atoms with E-state index in [-0.39, 0.29) is 11.7 Å². The predicted molar refractivity (Wildman–Crippen MR) is 106 cm³/mol. The molecule has 1 aromatic heterocycles. The third-order valence-electron chi connectivity index (χ3n) is 4.85. The van der Waals surface area contributed by atoms with Gasteiger partial charge in [-0.1, -0.05) is 36.4 Å². The van der Waals surface area contributed by atoms with Crippen LogP contribution in [0, 0.1) is 12.7 Å². The average Bonchev–Trinajstić information content (AvgIpc) is 2.72. The molecule has 0 bridgehead atoms. The van der Waals surface area contributed by atoms with Gasteiger partial charge in [-0.3, -0.25) is 4.79 Å². The Labute approximate surface area is 163 Å². The largest absolute Gasteiger partial charge is 0.347 e. The van der Waals surface area contributed by atoms with Crippen molar-refractivity contribution in [2.24, 2.45) is 0 Å². The number of amides is 1. The summed E-state index contributed by atoms with van der Waals surface area (Å²) in [5.74, 6) is 0.00386. The van der Waals surface area contributed by atoms with Crippen LogP contribution in [0.25, 0.3) is 0 Å². The maximum atomic E-state index is 13.0. The molecule has 0 saturated heterocycles. The zero-order valence-corrected chi connectivity index (χ0v) is 15.7. The van der Waals surface area contributed by atoms with Gasteiger partial charge in [0.2, 0.25) is 5.95 Å². The molecule has 0 fully saturated rings. The highest BCUT2D eigenvalue weighted by Crippen LogP contribution is 2.22. The van der Waals surface area contributed by atoms with E-state index in [1.165, 1.54) is 23.3 Å². The minimum Gasteiger partial charge on any atom is -0.347 e. The van der Waals surface area contributed by atoms with Crippen LogP contribution in [0.5, 0.6) is 0 Å². The van der Waals surface area contributed by atoms with Gasteiger partial charge in [0.1, 0.15) is 11.5 Å². The van der Waals surface area contributed by atoms with Gasteiger partial charge in [0.25, 0.3) is 5.91 Å². The Morgan fingerprint density at radius 1 is 1.11 bits per heavy atom. The Hall–Kier alpha value is -3.28. The lowest BCUT2D eigenvalue weighted by Crippen LogP contribution is -2.33. The SMILES string of the molecule is Cc1cc(C(=O)NCc2ccc(F)cc2)nc(N2CCc3ccccc3C2)n1. The first-order valence-electron chi connectivity index (χ1n) is 9.28. The molecule has 0 spiro atoms. The monoisotopic (exact) mass is 376 g/mol. The molecule has 1 amide bonds. The van der Waals surface area contributed by atoms with Crippen LogP contribution in [0.3, 0.4) is 0 Å². The molecule has 2 heterocycles. The van der Waals surface area contributed by atoms with E-state index in [0.29, 0.717) is 18.2 Å². The summed E-state index contributed by atoms with van der Waals surface area (Å²) >= 11 is 0. The number of carbonyl (C=O) groups excluding carboxylic acids is 1. The Balaban J connectivity index is 1.49. The van der Waals surface area contributed by atoms with Crippen molar-refractivity contribution in [2.45, 2.75) is 26.4 Å². The fraction of sp³-hybridized carbons (Fsp3) is 0.227. The second-order valence-corrected chi connectivity index (χ2v) is 6.94. The summed E-state index contributed by atoms with van der Waals surface area (Å²) in [6.07, 6.45) is 0.930. The summed E-state index contributed by atoms with van der Waals surface area (Å²) in [7, 11) is 0. The van der Waals surface area contributed by atoms with Gasteiger partial charge >= 0.3 is 0 Å². The highest BCUT2D eigenvalue weighted by molar-refractivity contribution is 5.92. The van der Waals surface area contributed by atoms with E-state index in [1.54, 1.807) is 18.2 Å². The zero-order valence-electron chi connectivity index (χ0n) is 15.7. The second kappa shape index (κ2) is 7.76. The van der Waals surface area contributed by atoms with Crippen molar-refractivity contribution in [3.63, 3.8) is 0 Å². The Morgan fingerprint density at radius 3 is 2.64 bits per heavy atom. The number of rotatable bonds is 4. The fourth-order valence-corrected chi connectivity index (χ4v) is 3.35. The van der Waals surface area contributed by atoms with Crippen LogP contribution >= 0.6 is 0 Å². The molecule has 1 aliphatic heterocycles. The van der Waals surface area contributed by atoms with E-state index in [2.05, 4.69) is 38.4 Å². The number of nitrogens with one attached hydrogen (secondary N) is 1. The van der Waals surface area contributed by atoms with Gasteiger partial charge < -0.3 is 10.2 Å². The Morgan fingerprint density at radius 2 is 1.86 bits per heavy atom. The van der Waals surface area contributed by atoms with Crippen LogP contribution in [0.2, 0.25) is 0 Å². The summed E-state index contributed by atoms with van der Waals surface area (Å²) in [5, 5.41) is 2.84. The number of hydrogen-bond acceptors (Lipinski definition) is 4. The zero-order chi connectivity index (χ0) is 19.5. The topological polar surface area (TPSA) is 58.1 Å². The summed E-state index contributed by atoms with van der Waals surface area (Å²) < 4.78 is 13.0. The van der Waals surface area contributed by atoms with Gasteiger partial charge in [-0.15, -0.1) is 0 Å². The lowest BCUT2D eigenvalue weighted by atomic mass is 10.0. The Kier molecular flexibility index (Phi) is 5.02. The molecule has 6 heteroatoms. The van der Waals surface area contributed by atoms with Crippen LogP contribution in [0.15, 0.2) is 54.6 Å². The van der Waals surface area contributed by atoms with Crippen LogP contribution < -0.4 is 10.2 Å². The lowest BCUT2D eigenvalue weighted by Gasteiger charge is -2.29. The van der Waals surface area contributed by atoms with Gasteiger partial charge in [0.15, 0.2) is 0 Å². The number of hydrogen-bond donors (Lipinski definition) is 1.